The second kappa shape index (κ2) is 6.22. The monoisotopic (exact) mass is 258 g/mol. The first kappa shape index (κ1) is 12.7. The van der Waals surface area contributed by atoms with E-state index < -0.39 is 0 Å². The predicted octanol–water partition coefficient (Wildman–Crippen LogP) is 3.50. The zero-order valence-corrected chi connectivity index (χ0v) is 10.8. The third-order valence-electron chi connectivity index (χ3n) is 2.63. The molecule has 0 aliphatic carbocycles. The van der Waals surface area contributed by atoms with Gasteiger partial charge in [0, 0.05) is 0 Å². The molecule has 0 radical (unpaired) electrons. The first-order chi connectivity index (χ1) is 8.79. The molecule has 92 valence electrons. The van der Waals surface area contributed by atoms with Gasteiger partial charge in [-0.2, -0.15) is 0 Å². The van der Waals surface area contributed by atoms with Gasteiger partial charge in [0.05, 0.1) is 11.6 Å². The number of aliphatic imine (C=N–C) groups is 1. The fraction of sp³-hybridized carbons (Fsp3) is 0.133. The van der Waals surface area contributed by atoms with Gasteiger partial charge in [-0.1, -0.05) is 48.5 Å². The molecule has 0 aromatic heterocycles. The summed E-state index contributed by atoms with van der Waals surface area (Å²) in [4.78, 5) is 4.34. The number of para-hydroxylation sites is 1. The van der Waals surface area contributed by atoms with Crippen molar-refractivity contribution in [2.45, 2.75) is 6.42 Å². The standard InChI is InChI=1S/C15H15ClN2/c16-11-15(17)18-14-9-5-4-8-13(14)10-12-6-2-1-3-7-12/h1-9H,10-11H2,(H2,17,18). The quantitative estimate of drug-likeness (QED) is 0.509. The zero-order chi connectivity index (χ0) is 12.8. The first-order valence-corrected chi connectivity index (χ1v) is 6.34. The van der Waals surface area contributed by atoms with E-state index in [0.29, 0.717) is 5.84 Å². The Morgan fingerprint density at radius 3 is 2.39 bits per heavy atom. The fourth-order valence-electron chi connectivity index (χ4n) is 1.77. The highest BCUT2D eigenvalue weighted by Crippen LogP contribution is 2.21. The molecule has 0 aliphatic heterocycles. The van der Waals surface area contributed by atoms with Crippen LogP contribution in [0.15, 0.2) is 59.6 Å². The average Bonchev–Trinajstić information content (AvgIpc) is 2.42. The van der Waals surface area contributed by atoms with E-state index >= 15 is 0 Å². The van der Waals surface area contributed by atoms with Crippen molar-refractivity contribution < 1.29 is 0 Å². The minimum absolute atomic E-state index is 0.250. The molecule has 0 spiro atoms. The Hall–Kier alpha value is -1.80. The molecule has 0 unspecified atom stereocenters. The van der Waals surface area contributed by atoms with E-state index in [2.05, 4.69) is 23.2 Å². The van der Waals surface area contributed by atoms with Crippen molar-refractivity contribution in [1.29, 1.82) is 0 Å². The van der Waals surface area contributed by atoms with Gasteiger partial charge in [-0.25, -0.2) is 4.99 Å². The summed E-state index contributed by atoms with van der Waals surface area (Å²) in [7, 11) is 0. The SMILES string of the molecule is NC(CCl)=Nc1ccccc1Cc1ccccc1. The average molecular weight is 259 g/mol. The molecular formula is C15H15ClN2. The third-order valence-corrected chi connectivity index (χ3v) is 2.90. The summed E-state index contributed by atoms with van der Waals surface area (Å²) >= 11 is 5.66. The molecule has 2 N–H and O–H groups in total. The molecule has 0 atom stereocenters. The number of nitrogens with two attached hydrogens (primary N) is 1. The fourth-order valence-corrected chi connectivity index (χ4v) is 1.83. The van der Waals surface area contributed by atoms with E-state index in [1.807, 2.05) is 36.4 Å². The number of alkyl halides is 1. The number of nitrogens with zero attached hydrogens (tertiary/aromatic N) is 1. The van der Waals surface area contributed by atoms with E-state index in [-0.39, 0.29) is 5.88 Å². The Bertz CT molecular complexity index is 535. The van der Waals surface area contributed by atoms with Gasteiger partial charge in [-0.05, 0) is 23.6 Å². The predicted molar refractivity (Wildman–Crippen MR) is 77.7 cm³/mol. The van der Waals surface area contributed by atoms with Gasteiger partial charge >= 0.3 is 0 Å². The lowest BCUT2D eigenvalue weighted by molar-refractivity contribution is 1.18. The number of benzene rings is 2. The highest BCUT2D eigenvalue weighted by molar-refractivity contribution is 6.28. The minimum atomic E-state index is 0.250. The summed E-state index contributed by atoms with van der Waals surface area (Å²) in [6.45, 7) is 0. The topological polar surface area (TPSA) is 38.4 Å². The van der Waals surface area contributed by atoms with Gasteiger partial charge in [-0.3, -0.25) is 0 Å². The summed E-state index contributed by atoms with van der Waals surface area (Å²) < 4.78 is 0. The molecule has 3 heteroatoms. The second-order valence-electron chi connectivity index (χ2n) is 4.03. The van der Waals surface area contributed by atoms with Gasteiger partial charge < -0.3 is 5.73 Å². The maximum absolute atomic E-state index is 5.69. The van der Waals surface area contributed by atoms with Gasteiger partial charge in [-0.15, -0.1) is 11.6 Å². The first-order valence-electron chi connectivity index (χ1n) is 5.80. The molecule has 2 aromatic carbocycles. The Kier molecular flexibility index (Phi) is 4.37. The summed E-state index contributed by atoms with van der Waals surface area (Å²) in [6.07, 6.45) is 0.843. The van der Waals surface area contributed by atoms with Gasteiger partial charge in [0.15, 0.2) is 0 Å². The summed E-state index contributed by atoms with van der Waals surface area (Å²) in [5.41, 5.74) is 8.98. The number of rotatable bonds is 4. The maximum atomic E-state index is 5.69. The van der Waals surface area contributed by atoms with Crippen LogP contribution in [-0.2, 0) is 6.42 Å². The van der Waals surface area contributed by atoms with Crippen molar-refractivity contribution in [2.75, 3.05) is 5.88 Å². The largest absolute Gasteiger partial charge is 0.386 e. The minimum Gasteiger partial charge on any atom is -0.386 e. The van der Waals surface area contributed by atoms with Crippen molar-refractivity contribution in [2.24, 2.45) is 10.7 Å². The van der Waals surface area contributed by atoms with Crippen LogP contribution in [0.5, 0.6) is 0 Å². The van der Waals surface area contributed by atoms with Gasteiger partial charge in [0.1, 0.15) is 5.84 Å². The summed E-state index contributed by atoms with van der Waals surface area (Å²) in [5.74, 6) is 0.692. The van der Waals surface area contributed by atoms with E-state index in [1.165, 1.54) is 5.56 Å². The van der Waals surface area contributed by atoms with Crippen molar-refractivity contribution in [3.63, 3.8) is 0 Å². The third kappa shape index (κ3) is 3.34. The molecule has 0 fully saturated rings. The molecule has 2 nitrogen and oxygen atoms in total. The van der Waals surface area contributed by atoms with Crippen LogP contribution in [0.2, 0.25) is 0 Å². The Labute approximate surface area is 112 Å². The molecule has 0 saturated heterocycles. The summed E-state index contributed by atoms with van der Waals surface area (Å²) in [5, 5.41) is 0. The molecule has 0 aliphatic rings. The van der Waals surface area contributed by atoms with Crippen LogP contribution in [0, 0.1) is 0 Å². The molecule has 0 amide bonds. The molecule has 0 saturated carbocycles. The van der Waals surface area contributed by atoms with Crippen molar-refractivity contribution >= 4 is 23.1 Å². The van der Waals surface area contributed by atoms with Crippen LogP contribution in [0.25, 0.3) is 0 Å². The van der Waals surface area contributed by atoms with Gasteiger partial charge in [0.2, 0.25) is 0 Å². The second-order valence-corrected chi connectivity index (χ2v) is 4.30. The van der Waals surface area contributed by atoms with Crippen LogP contribution in [0.4, 0.5) is 5.69 Å². The molecular weight excluding hydrogens is 244 g/mol. The lowest BCUT2D eigenvalue weighted by Gasteiger charge is -2.06. The number of hydrogen-bond acceptors (Lipinski definition) is 1. The van der Waals surface area contributed by atoms with E-state index in [9.17, 15) is 0 Å². The number of halogens is 1. The van der Waals surface area contributed by atoms with Crippen LogP contribution >= 0.6 is 11.6 Å². The Morgan fingerprint density at radius 2 is 1.67 bits per heavy atom. The Morgan fingerprint density at radius 1 is 1.00 bits per heavy atom. The van der Waals surface area contributed by atoms with Crippen LogP contribution in [0.1, 0.15) is 11.1 Å². The Balaban J connectivity index is 2.28. The van der Waals surface area contributed by atoms with E-state index in [1.54, 1.807) is 0 Å². The molecule has 2 aromatic rings. The summed E-state index contributed by atoms with van der Waals surface area (Å²) in [6, 6.07) is 18.3. The molecule has 0 bridgehead atoms. The number of hydrogen-bond donors (Lipinski definition) is 1. The normalized spacial score (nSPS) is 11.5. The van der Waals surface area contributed by atoms with Gasteiger partial charge in [0.25, 0.3) is 0 Å². The smallest absolute Gasteiger partial charge is 0.115 e. The zero-order valence-electron chi connectivity index (χ0n) is 10.0. The highest BCUT2D eigenvalue weighted by atomic mass is 35.5. The van der Waals surface area contributed by atoms with Crippen LogP contribution in [-0.4, -0.2) is 11.7 Å². The lowest BCUT2D eigenvalue weighted by atomic mass is 10.0. The van der Waals surface area contributed by atoms with Crippen LogP contribution < -0.4 is 5.73 Å². The number of amidine groups is 1. The molecule has 0 heterocycles. The lowest BCUT2D eigenvalue weighted by Crippen LogP contribution is -2.12. The van der Waals surface area contributed by atoms with Crippen molar-refractivity contribution in [3.05, 3.63) is 65.7 Å². The van der Waals surface area contributed by atoms with Crippen LogP contribution in [0.3, 0.4) is 0 Å². The molecule has 2 rings (SSSR count). The van der Waals surface area contributed by atoms with E-state index in [4.69, 9.17) is 17.3 Å². The van der Waals surface area contributed by atoms with Crippen molar-refractivity contribution in [3.8, 4) is 0 Å². The maximum Gasteiger partial charge on any atom is 0.115 e. The van der Waals surface area contributed by atoms with Crippen molar-refractivity contribution in [1.82, 2.24) is 0 Å². The van der Waals surface area contributed by atoms with E-state index in [0.717, 1.165) is 17.7 Å². The highest BCUT2D eigenvalue weighted by Gasteiger charge is 2.02. The molecule has 18 heavy (non-hydrogen) atoms.